The fraction of sp³-hybridized carbons (Fsp3) is 0.130. The lowest BCUT2D eigenvalue weighted by Gasteiger charge is -2.24. The number of urea groups is 1. The van der Waals surface area contributed by atoms with Crippen LogP contribution in [-0.2, 0) is 11.4 Å². The summed E-state index contributed by atoms with van der Waals surface area (Å²) in [4.78, 5) is 26.2. The third-order valence-electron chi connectivity index (χ3n) is 4.93. The topological polar surface area (TPSA) is 78.9 Å². The van der Waals surface area contributed by atoms with Gasteiger partial charge in [-0.25, -0.2) is 9.59 Å². The molecular formula is C23H19BrN2O4. The molecule has 0 saturated carbocycles. The van der Waals surface area contributed by atoms with E-state index in [0.717, 1.165) is 10.0 Å². The number of nitrogens with zero attached hydrogens (tertiary/aromatic N) is 1. The molecule has 6 nitrogen and oxygen atoms in total. The van der Waals surface area contributed by atoms with Crippen LogP contribution in [0.15, 0.2) is 83.3 Å². The number of aliphatic carboxylic acids is 1. The maximum absolute atomic E-state index is 12.7. The van der Waals surface area contributed by atoms with Gasteiger partial charge in [0.1, 0.15) is 12.4 Å². The lowest BCUT2D eigenvalue weighted by Crippen LogP contribution is -2.40. The zero-order valence-corrected chi connectivity index (χ0v) is 17.5. The number of carboxylic acids is 1. The third-order valence-corrected chi connectivity index (χ3v) is 5.42. The predicted octanol–water partition coefficient (Wildman–Crippen LogP) is 4.75. The van der Waals surface area contributed by atoms with Crippen molar-refractivity contribution in [1.29, 1.82) is 0 Å². The van der Waals surface area contributed by atoms with Gasteiger partial charge in [-0.1, -0.05) is 70.5 Å². The quantitative estimate of drug-likeness (QED) is 0.549. The van der Waals surface area contributed by atoms with E-state index in [4.69, 9.17) is 4.74 Å². The van der Waals surface area contributed by atoms with Crippen molar-refractivity contribution in [2.24, 2.45) is 0 Å². The molecule has 0 aliphatic carbocycles. The van der Waals surface area contributed by atoms with Gasteiger partial charge in [0.25, 0.3) is 0 Å². The van der Waals surface area contributed by atoms with Crippen LogP contribution in [0.5, 0.6) is 5.75 Å². The molecule has 1 aliphatic heterocycles. The number of carbonyl (C=O) groups is 2. The number of hydrogen-bond acceptors (Lipinski definition) is 3. The number of amides is 2. The molecule has 1 saturated heterocycles. The van der Waals surface area contributed by atoms with E-state index in [-0.39, 0.29) is 0 Å². The molecule has 2 atom stereocenters. The van der Waals surface area contributed by atoms with Crippen LogP contribution < -0.4 is 15.0 Å². The van der Waals surface area contributed by atoms with Gasteiger partial charge in [-0.05, 0) is 29.8 Å². The first-order valence-electron chi connectivity index (χ1n) is 9.38. The van der Waals surface area contributed by atoms with Gasteiger partial charge in [-0.15, -0.1) is 0 Å². The van der Waals surface area contributed by atoms with E-state index in [9.17, 15) is 14.7 Å². The number of ether oxygens (including phenoxy) is 1. The minimum absolute atomic E-state index is 0.325. The van der Waals surface area contributed by atoms with E-state index >= 15 is 0 Å². The molecule has 0 bridgehead atoms. The van der Waals surface area contributed by atoms with Gasteiger partial charge in [0.15, 0.2) is 6.04 Å². The number of rotatable bonds is 6. The summed E-state index contributed by atoms with van der Waals surface area (Å²) in [6.07, 6.45) is 0. The van der Waals surface area contributed by atoms with E-state index in [1.54, 1.807) is 42.5 Å². The second-order valence-electron chi connectivity index (χ2n) is 6.87. The van der Waals surface area contributed by atoms with Crippen LogP contribution in [0.2, 0.25) is 0 Å². The summed E-state index contributed by atoms with van der Waals surface area (Å²) >= 11 is 3.44. The summed E-state index contributed by atoms with van der Waals surface area (Å²) in [6.45, 7) is 0.325. The van der Waals surface area contributed by atoms with Crippen molar-refractivity contribution in [3.8, 4) is 5.75 Å². The lowest BCUT2D eigenvalue weighted by molar-refractivity contribution is -0.138. The molecule has 0 aromatic heterocycles. The number of carbonyl (C=O) groups excluding carboxylic acids is 1. The molecule has 3 aromatic rings. The zero-order valence-electron chi connectivity index (χ0n) is 15.9. The van der Waals surface area contributed by atoms with Crippen molar-refractivity contribution in [2.45, 2.75) is 18.7 Å². The first kappa shape index (κ1) is 20.0. The molecule has 30 heavy (non-hydrogen) atoms. The minimum Gasteiger partial charge on any atom is -0.488 e. The van der Waals surface area contributed by atoms with Gasteiger partial charge in [-0.2, -0.15) is 0 Å². The normalized spacial score (nSPS) is 18.2. The number of halogens is 1. The Morgan fingerprint density at radius 3 is 2.37 bits per heavy atom. The first-order valence-corrected chi connectivity index (χ1v) is 10.2. The summed E-state index contributed by atoms with van der Waals surface area (Å²) in [5.74, 6) is -0.584. The van der Waals surface area contributed by atoms with Crippen molar-refractivity contribution in [3.05, 3.63) is 94.5 Å². The highest BCUT2D eigenvalue weighted by atomic mass is 79.9. The fourth-order valence-electron chi connectivity index (χ4n) is 3.55. The highest BCUT2D eigenvalue weighted by molar-refractivity contribution is 9.10. The molecule has 2 amide bonds. The maximum atomic E-state index is 12.7. The summed E-state index contributed by atoms with van der Waals surface area (Å²) < 4.78 is 6.82. The average molecular weight is 467 g/mol. The fourth-order valence-corrected chi connectivity index (χ4v) is 3.89. The number of benzene rings is 3. The number of anilines is 1. The Bertz CT molecular complexity index is 1060. The van der Waals surface area contributed by atoms with Gasteiger partial charge in [0.2, 0.25) is 0 Å². The molecule has 1 aliphatic rings. The van der Waals surface area contributed by atoms with Crippen molar-refractivity contribution in [2.75, 3.05) is 4.90 Å². The molecule has 0 radical (unpaired) electrons. The van der Waals surface area contributed by atoms with Crippen molar-refractivity contribution < 1.29 is 19.4 Å². The lowest BCUT2D eigenvalue weighted by atomic mass is 9.98. The molecule has 0 spiro atoms. The summed E-state index contributed by atoms with van der Waals surface area (Å²) in [5, 5.41) is 12.8. The Balaban J connectivity index is 1.68. The number of hydrogen-bond donors (Lipinski definition) is 2. The van der Waals surface area contributed by atoms with Gasteiger partial charge in [0, 0.05) is 15.7 Å². The second kappa shape index (κ2) is 8.59. The van der Waals surface area contributed by atoms with E-state index < -0.39 is 24.1 Å². The largest absolute Gasteiger partial charge is 0.488 e. The molecular weight excluding hydrogens is 448 g/mol. The highest BCUT2D eigenvalue weighted by Gasteiger charge is 2.46. The van der Waals surface area contributed by atoms with Crippen LogP contribution in [0.3, 0.4) is 0 Å². The smallest absolute Gasteiger partial charge is 0.329 e. The maximum Gasteiger partial charge on any atom is 0.329 e. The summed E-state index contributed by atoms with van der Waals surface area (Å²) in [7, 11) is 0. The Morgan fingerprint density at radius 2 is 1.70 bits per heavy atom. The minimum atomic E-state index is -1.11. The molecule has 152 valence electrons. The van der Waals surface area contributed by atoms with Crippen LogP contribution in [0.4, 0.5) is 10.5 Å². The van der Waals surface area contributed by atoms with E-state index in [0.29, 0.717) is 23.6 Å². The predicted molar refractivity (Wildman–Crippen MR) is 117 cm³/mol. The summed E-state index contributed by atoms with van der Waals surface area (Å²) in [6, 6.07) is 21.5. The Labute approximate surface area is 182 Å². The van der Waals surface area contributed by atoms with E-state index in [1.165, 1.54) is 4.90 Å². The molecule has 1 fully saturated rings. The number of nitrogens with one attached hydrogen (secondary N) is 1. The van der Waals surface area contributed by atoms with Crippen LogP contribution in [0.25, 0.3) is 0 Å². The van der Waals surface area contributed by atoms with Crippen LogP contribution in [-0.4, -0.2) is 23.1 Å². The molecule has 0 unspecified atom stereocenters. The van der Waals surface area contributed by atoms with Crippen LogP contribution in [0, 0.1) is 0 Å². The SMILES string of the molecule is O=C(O)[C@H]1[C@@H](c2ccc(Br)cc2OCc2ccccc2)NC(=O)N1c1ccccc1. The third kappa shape index (κ3) is 4.02. The van der Waals surface area contributed by atoms with Crippen molar-refractivity contribution in [1.82, 2.24) is 5.32 Å². The van der Waals surface area contributed by atoms with Gasteiger partial charge in [0.05, 0.1) is 6.04 Å². The van der Waals surface area contributed by atoms with Crippen molar-refractivity contribution >= 4 is 33.6 Å². The first-order chi connectivity index (χ1) is 14.5. The second-order valence-corrected chi connectivity index (χ2v) is 7.79. The molecule has 4 rings (SSSR count). The average Bonchev–Trinajstić information content (AvgIpc) is 3.11. The van der Waals surface area contributed by atoms with Crippen molar-refractivity contribution in [3.63, 3.8) is 0 Å². The summed E-state index contributed by atoms with van der Waals surface area (Å²) in [5.41, 5.74) is 2.11. The number of para-hydroxylation sites is 1. The number of carboxylic acid groups (broad SMARTS) is 1. The van der Waals surface area contributed by atoms with Gasteiger partial charge in [-0.3, -0.25) is 4.90 Å². The Hall–Kier alpha value is -3.32. The van der Waals surface area contributed by atoms with Gasteiger partial charge >= 0.3 is 12.0 Å². The molecule has 2 N–H and O–H groups in total. The molecule has 1 heterocycles. The molecule has 3 aromatic carbocycles. The van der Waals surface area contributed by atoms with Gasteiger partial charge < -0.3 is 15.2 Å². The Kier molecular flexibility index (Phi) is 5.72. The van der Waals surface area contributed by atoms with Crippen LogP contribution >= 0.6 is 15.9 Å². The zero-order chi connectivity index (χ0) is 21.1. The highest BCUT2D eigenvalue weighted by Crippen LogP contribution is 2.37. The van der Waals surface area contributed by atoms with Crippen LogP contribution in [0.1, 0.15) is 17.2 Å². The van der Waals surface area contributed by atoms with E-state index in [2.05, 4.69) is 21.2 Å². The van der Waals surface area contributed by atoms with E-state index in [1.807, 2.05) is 36.4 Å². The molecule has 7 heteroatoms. The standard InChI is InChI=1S/C23H19BrN2O4/c24-16-11-12-18(19(13-16)30-14-15-7-3-1-4-8-15)20-21(22(27)28)26(23(29)25-20)17-9-5-2-6-10-17/h1-13,20-21H,14H2,(H,25,29)(H,27,28)/t20-,21-/m1/s1. The monoisotopic (exact) mass is 466 g/mol. The Morgan fingerprint density at radius 1 is 1.03 bits per heavy atom.